The smallest absolute Gasteiger partial charge is 0.261 e. The predicted octanol–water partition coefficient (Wildman–Crippen LogP) is 2.07. The number of halogens is 1. The van der Waals surface area contributed by atoms with Crippen LogP contribution in [0, 0.1) is 0 Å². The minimum Gasteiger partial charge on any atom is -0.392 e. The molecule has 1 unspecified atom stereocenters. The molecular weight excluding hydrogens is 474 g/mol. The van der Waals surface area contributed by atoms with Gasteiger partial charge in [0.2, 0.25) is 5.91 Å². The maximum Gasteiger partial charge on any atom is 0.261 e. The number of aliphatic hydroxyl groups excluding tert-OH is 1. The van der Waals surface area contributed by atoms with Gasteiger partial charge in [-0.25, -0.2) is 9.50 Å². The molecule has 0 spiro atoms. The quantitative estimate of drug-likeness (QED) is 0.357. The van der Waals surface area contributed by atoms with Crippen LogP contribution in [0.3, 0.4) is 0 Å². The minimum absolute atomic E-state index is 0.0313. The first-order valence-electron chi connectivity index (χ1n) is 10.9. The lowest BCUT2D eigenvalue weighted by Crippen LogP contribution is -2.50. The molecule has 0 bridgehead atoms. The number of carbonyl (C=O) groups is 2. The number of amides is 2. The Kier molecular flexibility index (Phi) is 6.20. The topological polar surface area (TPSA) is 136 Å². The molecule has 35 heavy (non-hydrogen) atoms. The van der Waals surface area contributed by atoms with E-state index >= 15 is 0 Å². The Labute approximate surface area is 204 Å². The monoisotopic (exact) mass is 495 g/mol. The Morgan fingerprint density at radius 2 is 2.17 bits per heavy atom. The molecule has 5 rings (SSSR count). The van der Waals surface area contributed by atoms with Gasteiger partial charge in [-0.2, -0.15) is 10.2 Å². The third-order valence-electron chi connectivity index (χ3n) is 5.76. The van der Waals surface area contributed by atoms with Crippen molar-refractivity contribution in [2.24, 2.45) is 0 Å². The summed E-state index contributed by atoms with van der Waals surface area (Å²) in [6.07, 6.45) is 6.27. The van der Waals surface area contributed by atoms with Gasteiger partial charge in [0.15, 0.2) is 5.65 Å². The summed E-state index contributed by atoms with van der Waals surface area (Å²) < 4.78 is 8.08. The first-order valence-corrected chi connectivity index (χ1v) is 11.3. The summed E-state index contributed by atoms with van der Waals surface area (Å²) >= 11 is 6.23. The van der Waals surface area contributed by atoms with E-state index in [1.807, 2.05) is 0 Å². The molecule has 1 aliphatic heterocycles. The number of ether oxygens (including phenoxy) is 1. The summed E-state index contributed by atoms with van der Waals surface area (Å²) in [5.41, 5.74) is 2.47. The predicted molar refractivity (Wildman–Crippen MR) is 127 cm³/mol. The summed E-state index contributed by atoms with van der Waals surface area (Å²) in [5, 5.41) is 24.9. The van der Waals surface area contributed by atoms with E-state index in [0.29, 0.717) is 46.4 Å². The van der Waals surface area contributed by atoms with Crippen molar-refractivity contribution in [3.63, 3.8) is 0 Å². The van der Waals surface area contributed by atoms with Gasteiger partial charge < -0.3 is 20.5 Å². The molecule has 4 heterocycles. The van der Waals surface area contributed by atoms with E-state index < -0.39 is 11.9 Å². The van der Waals surface area contributed by atoms with Gasteiger partial charge in [0.1, 0.15) is 17.3 Å². The van der Waals surface area contributed by atoms with Crippen molar-refractivity contribution in [2.45, 2.75) is 25.6 Å². The Balaban J connectivity index is 1.52. The Bertz CT molecular complexity index is 1410. The van der Waals surface area contributed by atoms with Gasteiger partial charge in [-0.15, -0.1) is 0 Å². The van der Waals surface area contributed by atoms with Crippen LogP contribution in [0.5, 0.6) is 0 Å². The molecule has 12 heteroatoms. The van der Waals surface area contributed by atoms with Crippen molar-refractivity contribution in [3.05, 3.63) is 65.2 Å². The molecule has 0 saturated carbocycles. The molecule has 1 saturated heterocycles. The third-order valence-corrected chi connectivity index (χ3v) is 6.00. The summed E-state index contributed by atoms with van der Waals surface area (Å²) in [4.78, 5) is 30.2. The second-order valence-electron chi connectivity index (χ2n) is 8.15. The molecule has 1 atom stereocenters. The van der Waals surface area contributed by atoms with Crippen molar-refractivity contribution in [2.75, 3.05) is 18.5 Å². The standard InChI is InChI=1S/C23H22ClN7O4/c1-13(22(33)27-16-11-35-12-16)31-9-19(20(29-31)17-7-15(24)4-3-14(17)10-32)28-23(34)18-8-26-30-6-2-5-25-21(18)30/h2-9,13,16,32H,10-12H2,1H3,(H,27,33)(H,28,34). The van der Waals surface area contributed by atoms with E-state index in [1.54, 1.807) is 49.8 Å². The summed E-state index contributed by atoms with van der Waals surface area (Å²) in [5.74, 6) is -0.679. The van der Waals surface area contributed by atoms with E-state index in [9.17, 15) is 14.7 Å². The van der Waals surface area contributed by atoms with Crippen molar-refractivity contribution < 1.29 is 19.4 Å². The van der Waals surface area contributed by atoms with Gasteiger partial charge in [0.05, 0.1) is 43.9 Å². The van der Waals surface area contributed by atoms with Crippen LogP contribution < -0.4 is 10.6 Å². The van der Waals surface area contributed by atoms with Gasteiger partial charge in [-0.3, -0.25) is 14.3 Å². The number of nitrogens with one attached hydrogen (secondary N) is 2. The van der Waals surface area contributed by atoms with Crippen LogP contribution in [0.2, 0.25) is 5.02 Å². The summed E-state index contributed by atoms with van der Waals surface area (Å²) in [7, 11) is 0. The zero-order valence-corrected chi connectivity index (χ0v) is 19.4. The van der Waals surface area contributed by atoms with E-state index in [-0.39, 0.29) is 24.1 Å². The molecule has 1 fully saturated rings. The second kappa shape index (κ2) is 9.45. The zero-order valence-electron chi connectivity index (χ0n) is 18.7. The lowest BCUT2D eigenvalue weighted by molar-refractivity contribution is -0.128. The van der Waals surface area contributed by atoms with Crippen LogP contribution in [0.4, 0.5) is 5.69 Å². The number of rotatable bonds is 7. The largest absolute Gasteiger partial charge is 0.392 e. The van der Waals surface area contributed by atoms with Crippen LogP contribution in [-0.4, -0.2) is 60.6 Å². The first-order chi connectivity index (χ1) is 16.9. The average Bonchev–Trinajstić information content (AvgIpc) is 3.45. The van der Waals surface area contributed by atoms with Crippen LogP contribution in [0.15, 0.2) is 49.1 Å². The molecule has 180 valence electrons. The van der Waals surface area contributed by atoms with Crippen molar-refractivity contribution in [1.29, 1.82) is 0 Å². The number of hydrogen-bond acceptors (Lipinski definition) is 7. The Morgan fingerprint density at radius 3 is 2.91 bits per heavy atom. The fraction of sp³-hybridized carbons (Fsp3) is 0.261. The fourth-order valence-electron chi connectivity index (χ4n) is 3.73. The highest BCUT2D eigenvalue weighted by molar-refractivity contribution is 6.31. The van der Waals surface area contributed by atoms with Crippen LogP contribution in [-0.2, 0) is 16.1 Å². The average molecular weight is 496 g/mol. The van der Waals surface area contributed by atoms with Crippen molar-refractivity contribution >= 4 is 34.7 Å². The number of fused-ring (bicyclic) bond motifs is 1. The Hall–Kier alpha value is -3.80. The van der Waals surface area contributed by atoms with E-state index in [1.165, 1.54) is 15.4 Å². The maximum absolute atomic E-state index is 13.2. The molecule has 1 aromatic carbocycles. The number of aromatic nitrogens is 5. The lowest BCUT2D eigenvalue weighted by atomic mass is 10.0. The molecule has 3 aromatic heterocycles. The highest BCUT2D eigenvalue weighted by Gasteiger charge is 2.27. The van der Waals surface area contributed by atoms with Gasteiger partial charge in [-0.05, 0) is 30.7 Å². The summed E-state index contributed by atoms with van der Waals surface area (Å²) in [6, 6.07) is 6.01. The number of benzene rings is 1. The lowest BCUT2D eigenvalue weighted by Gasteiger charge is -2.28. The molecule has 0 radical (unpaired) electrons. The van der Waals surface area contributed by atoms with Gasteiger partial charge >= 0.3 is 0 Å². The van der Waals surface area contributed by atoms with Crippen molar-refractivity contribution in [1.82, 2.24) is 29.7 Å². The van der Waals surface area contributed by atoms with Crippen LogP contribution >= 0.6 is 11.6 Å². The number of carbonyl (C=O) groups excluding carboxylic acids is 2. The highest BCUT2D eigenvalue weighted by atomic mass is 35.5. The van der Waals surface area contributed by atoms with E-state index in [0.717, 1.165) is 0 Å². The van der Waals surface area contributed by atoms with Gasteiger partial charge in [0, 0.05) is 23.0 Å². The van der Waals surface area contributed by atoms with Gasteiger partial charge in [0.25, 0.3) is 5.91 Å². The molecular formula is C23H22ClN7O4. The fourth-order valence-corrected chi connectivity index (χ4v) is 3.90. The summed E-state index contributed by atoms with van der Waals surface area (Å²) in [6.45, 7) is 2.39. The molecule has 2 amide bonds. The van der Waals surface area contributed by atoms with Crippen molar-refractivity contribution in [3.8, 4) is 11.3 Å². The molecule has 3 N–H and O–H groups in total. The van der Waals surface area contributed by atoms with Crippen LogP contribution in [0.25, 0.3) is 16.9 Å². The number of aliphatic hydroxyl groups is 1. The zero-order chi connectivity index (χ0) is 24.5. The molecule has 11 nitrogen and oxygen atoms in total. The second-order valence-corrected chi connectivity index (χ2v) is 8.59. The Morgan fingerprint density at radius 1 is 1.34 bits per heavy atom. The van der Waals surface area contributed by atoms with E-state index in [2.05, 4.69) is 25.8 Å². The van der Waals surface area contributed by atoms with Gasteiger partial charge in [-0.1, -0.05) is 17.7 Å². The highest BCUT2D eigenvalue weighted by Crippen LogP contribution is 2.33. The minimum atomic E-state index is -0.671. The molecule has 0 aliphatic carbocycles. The number of anilines is 1. The first kappa shape index (κ1) is 23.0. The molecule has 4 aromatic rings. The number of hydrogen-bond donors (Lipinski definition) is 3. The normalized spacial score (nSPS) is 14.5. The SMILES string of the molecule is CC(C(=O)NC1COC1)n1cc(NC(=O)c2cnn3cccnc23)c(-c2cc(Cl)ccc2CO)n1. The third kappa shape index (κ3) is 4.48. The maximum atomic E-state index is 13.2. The van der Waals surface area contributed by atoms with E-state index in [4.69, 9.17) is 16.3 Å². The number of nitrogens with zero attached hydrogens (tertiary/aromatic N) is 5. The van der Waals surface area contributed by atoms with Crippen LogP contribution in [0.1, 0.15) is 28.9 Å². The molecule has 1 aliphatic rings.